The van der Waals surface area contributed by atoms with Crippen molar-refractivity contribution in [2.75, 3.05) is 6.54 Å². The Morgan fingerprint density at radius 1 is 1.21 bits per heavy atom. The van der Waals surface area contributed by atoms with Gasteiger partial charge in [0.1, 0.15) is 0 Å². The third-order valence-corrected chi connectivity index (χ3v) is 3.87. The van der Waals surface area contributed by atoms with Crippen LogP contribution in [0.4, 0.5) is 0 Å². The first-order valence-corrected chi connectivity index (χ1v) is 7.39. The van der Waals surface area contributed by atoms with Crippen LogP contribution in [0.2, 0.25) is 0 Å². The van der Waals surface area contributed by atoms with E-state index in [0.717, 1.165) is 18.6 Å². The highest BCUT2D eigenvalue weighted by molar-refractivity contribution is 7.98. The number of nitrogens with zero attached hydrogens (tertiary/aromatic N) is 2. The molecule has 1 aromatic carbocycles. The number of aryl methyl sites for hydroxylation is 3. The van der Waals surface area contributed by atoms with Crippen LogP contribution in [0.5, 0.6) is 0 Å². The molecule has 102 valence electrons. The lowest BCUT2D eigenvalue weighted by atomic mass is 10.1. The molecule has 0 bridgehead atoms. The zero-order valence-corrected chi connectivity index (χ0v) is 12.2. The van der Waals surface area contributed by atoms with Crippen LogP contribution in [0.3, 0.4) is 0 Å². The molecule has 0 aliphatic rings. The first-order chi connectivity index (χ1) is 9.19. The van der Waals surface area contributed by atoms with E-state index < -0.39 is 0 Å². The lowest BCUT2D eigenvalue weighted by Crippen LogP contribution is -2.00. The van der Waals surface area contributed by atoms with Crippen molar-refractivity contribution in [2.45, 2.75) is 37.7 Å². The van der Waals surface area contributed by atoms with Gasteiger partial charge in [0.15, 0.2) is 0 Å². The molecule has 2 N–H and O–H groups in total. The molecule has 0 aliphatic carbocycles. The van der Waals surface area contributed by atoms with E-state index >= 15 is 0 Å². The molecule has 0 saturated heterocycles. The first-order valence-electron chi connectivity index (χ1n) is 6.40. The molecule has 0 unspecified atom stereocenters. The number of aromatic nitrogens is 2. The van der Waals surface area contributed by atoms with E-state index in [4.69, 9.17) is 10.2 Å². The van der Waals surface area contributed by atoms with Crippen molar-refractivity contribution in [2.24, 2.45) is 5.73 Å². The van der Waals surface area contributed by atoms with Gasteiger partial charge in [-0.2, -0.15) is 0 Å². The average Bonchev–Trinajstić information content (AvgIpc) is 2.86. The van der Waals surface area contributed by atoms with Gasteiger partial charge in [-0.15, -0.1) is 10.2 Å². The van der Waals surface area contributed by atoms with E-state index in [0.29, 0.717) is 17.7 Å². The van der Waals surface area contributed by atoms with Crippen molar-refractivity contribution >= 4 is 11.8 Å². The maximum Gasteiger partial charge on any atom is 0.276 e. The van der Waals surface area contributed by atoms with E-state index in [-0.39, 0.29) is 0 Å². The third kappa shape index (κ3) is 4.08. The molecule has 1 heterocycles. The summed E-state index contributed by atoms with van der Waals surface area (Å²) in [5.41, 5.74) is 9.35. The fraction of sp³-hybridized carbons (Fsp3) is 0.429. The van der Waals surface area contributed by atoms with Crippen molar-refractivity contribution in [1.29, 1.82) is 0 Å². The number of hydrogen-bond donors (Lipinski definition) is 1. The van der Waals surface area contributed by atoms with E-state index in [1.807, 2.05) is 0 Å². The molecule has 2 aromatic rings. The maximum absolute atomic E-state index is 5.55. The fourth-order valence-electron chi connectivity index (χ4n) is 1.69. The van der Waals surface area contributed by atoms with Gasteiger partial charge in [-0.3, -0.25) is 0 Å². The fourth-order valence-corrected chi connectivity index (χ4v) is 2.41. The topological polar surface area (TPSA) is 64.9 Å². The van der Waals surface area contributed by atoms with Gasteiger partial charge in [0.05, 0.1) is 0 Å². The van der Waals surface area contributed by atoms with Crippen molar-refractivity contribution < 1.29 is 4.42 Å². The molecule has 4 nitrogen and oxygen atoms in total. The van der Waals surface area contributed by atoms with E-state index in [2.05, 4.69) is 42.2 Å². The SMILES string of the molecule is Cc1ccc(CSc2nnc(CCCN)o2)cc1C. The Bertz CT molecular complexity index is 539. The Morgan fingerprint density at radius 2 is 2.05 bits per heavy atom. The highest BCUT2D eigenvalue weighted by Gasteiger charge is 2.07. The number of hydrogen-bond acceptors (Lipinski definition) is 5. The molecular weight excluding hydrogens is 258 g/mol. The second-order valence-corrected chi connectivity index (χ2v) is 5.49. The average molecular weight is 277 g/mol. The van der Waals surface area contributed by atoms with Gasteiger partial charge in [-0.25, -0.2) is 0 Å². The van der Waals surface area contributed by atoms with Gasteiger partial charge >= 0.3 is 0 Å². The Kier molecular flexibility index (Phi) is 4.99. The van der Waals surface area contributed by atoms with Crippen LogP contribution in [0.25, 0.3) is 0 Å². The minimum absolute atomic E-state index is 0.630. The van der Waals surface area contributed by atoms with Crippen LogP contribution in [-0.4, -0.2) is 16.7 Å². The highest BCUT2D eigenvalue weighted by atomic mass is 32.2. The maximum atomic E-state index is 5.55. The minimum Gasteiger partial charge on any atom is -0.416 e. The van der Waals surface area contributed by atoms with Crippen LogP contribution in [0.1, 0.15) is 29.0 Å². The molecule has 0 spiro atoms. The summed E-state index contributed by atoms with van der Waals surface area (Å²) in [4.78, 5) is 0. The number of thioether (sulfide) groups is 1. The summed E-state index contributed by atoms with van der Waals surface area (Å²) in [7, 11) is 0. The monoisotopic (exact) mass is 277 g/mol. The number of nitrogens with two attached hydrogens (primary N) is 1. The second kappa shape index (κ2) is 6.73. The minimum atomic E-state index is 0.630. The second-order valence-electron chi connectivity index (χ2n) is 4.56. The van der Waals surface area contributed by atoms with Gasteiger partial charge < -0.3 is 10.2 Å². The molecule has 0 saturated carbocycles. The Morgan fingerprint density at radius 3 is 2.79 bits per heavy atom. The van der Waals surface area contributed by atoms with Crippen LogP contribution >= 0.6 is 11.8 Å². The van der Waals surface area contributed by atoms with Crippen LogP contribution in [0.15, 0.2) is 27.8 Å². The molecule has 0 atom stereocenters. The first kappa shape index (κ1) is 14.1. The Hall–Kier alpha value is -1.33. The molecule has 0 radical (unpaired) electrons. The number of rotatable bonds is 6. The van der Waals surface area contributed by atoms with Gasteiger partial charge in [-0.05, 0) is 43.5 Å². The molecule has 0 amide bonds. The van der Waals surface area contributed by atoms with Crippen molar-refractivity contribution in [1.82, 2.24) is 10.2 Å². The zero-order chi connectivity index (χ0) is 13.7. The predicted molar refractivity (Wildman–Crippen MR) is 77.2 cm³/mol. The van der Waals surface area contributed by atoms with Gasteiger partial charge in [0, 0.05) is 12.2 Å². The summed E-state index contributed by atoms with van der Waals surface area (Å²) in [6.07, 6.45) is 1.64. The standard InChI is InChI=1S/C14H19N3OS/c1-10-5-6-12(8-11(10)2)9-19-14-17-16-13(18-14)4-3-7-15/h5-6,8H,3-4,7,9,15H2,1-2H3. The third-order valence-electron chi connectivity index (χ3n) is 2.98. The van der Waals surface area contributed by atoms with Crippen LogP contribution in [-0.2, 0) is 12.2 Å². The Labute approximate surface area is 117 Å². The lowest BCUT2D eigenvalue weighted by Gasteiger charge is -2.03. The normalized spacial score (nSPS) is 10.9. The van der Waals surface area contributed by atoms with E-state index in [1.165, 1.54) is 16.7 Å². The lowest BCUT2D eigenvalue weighted by molar-refractivity contribution is 0.410. The summed E-state index contributed by atoms with van der Waals surface area (Å²) < 4.78 is 5.55. The summed E-state index contributed by atoms with van der Waals surface area (Å²) >= 11 is 1.57. The largest absolute Gasteiger partial charge is 0.416 e. The van der Waals surface area contributed by atoms with Crippen molar-refractivity contribution in [3.05, 3.63) is 40.8 Å². The van der Waals surface area contributed by atoms with E-state index in [1.54, 1.807) is 11.8 Å². The zero-order valence-electron chi connectivity index (χ0n) is 11.3. The van der Waals surface area contributed by atoms with Gasteiger partial charge in [0.2, 0.25) is 5.89 Å². The summed E-state index contributed by atoms with van der Waals surface area (Å²) in [6, 6.07) is 6.49. The van der Waals surface area contributed by atoms with Crippen molar-refractivity contribution in [3.8, 4) is 0 Å². The van der Waals surface area contributed by atoms with Gasteiger partial charge in [0.25, 0.3) is 5.22 Å². The molecule has 2 rings (SSSR count). The molecule has 5 heteroatoms. The molecule has 0 fully saturated rings. The molecular formula is C14H19N3OS. The predicted octanol–water partition coefficient (Wildman–Crippen LogP) is 2.87. The smallest absolute Gasteiger partial charge is 0.276 e. The molecule has 0 aliphatic heterocycles. The number of benzene rings is 1. The van der Waals surface area contributed by atoms with Crippen LogP contribution < -0.4 is 5.73 Å². The summed E-state index contributed by atoms with van der Waals surface area (Å²) in [5.74, 6) is 1.52. The Balaban J connectivity index is 1.91. The quantitative estimate of drug-likeness (QED) is 0.822. The summed E-state index contributed by atoms with van der Waals surface area (Å²) in [6.45, 7) is 4.89. The molecule has 1 aromatic heterocycles. The summed E-state index contributed by atoms with van der Waals surface area (Å²) in [5, 5.41) is 8.66. The highest BCUT2D eigenvalue weighted by Crippen LogP contribution is 2.22. The van der Waals surface area contributed by atoms with E-state index in [9.17, 15) is 0 Å². The van der Waals surface area contributed by atoms with Crippen molar-refractivity contribution in [3.63, 3.8) is 0 Å². The van der Waals surface area contributed by atoms with Crippen LogP contribution in [0, 0.1) is 13.8 Å². The molecule has 19 heavy (non-hydrogen) atoms. The van der Waals surface area contributed by atoms with Gasteiger partial charge in [-0.1, -0.05) is 30.0 Å².